The van der Waals surface area contributed by atoms with Crippen molar-refractivity contribution in [3.8, 4) is 5.75 Å². The molecule has 1 aromatic heterocycles. The molecule has 112 valence electrons. The summed E-state index contributed by atoms with van der Waals surface area (Å²) in [5.74, 6) is -0.429. The molecular formula is C15H18ClN3O2. The number of carbonyl (C=O) groups is 1. The Labute approximate surface area is 128 Å². The Bertz CT molecular complexity index is 647. The fourth-order valence-corrected chi connectivity index (χ4v) is 2.31. The van der Waals surface area contributed by atoms with E-state index in [0.29, 0.717) is 17.1 Å². The molecule has 1 atom stereocenters. The number of nitrogens with zero attached hydrogens (tertiary/aromatic N) is 1. The maximum atomic E-state index is 12.2. The summed E-state index contributed by atoms with van der Waals surface area (Å²) in [5, 5.41) is 19.9. The first kappa shape index (κ1) is 15.4. The third-order valence-corrected chi connectivity index (χ3v) is 3.69. The van der Waals surface area contributed by atoms with Crippen LogP contribution < -0.4 is 5.32 Å². The predicted octanol–water partition coefficient (Wildman–Crippen LogP) is 3.20. The number of halogens is 1. The number of aromatic amines is 1. The Morgan fingerprint density at radius 3 is 2.81 bits per heavy atom. The summed E-state index contributed by atoms with van der Waals surface area (Å²) in [6, 6.07) is 4.54. The minimum absolute atomic E-state index is 0.00405. The predicted molar refractivity (Wildman–Crippen MR) is 82.7 cm³/mol. The second-order valence-corrected chi connectivity index (χ2v) is 5.60. The van der Waals surface area contributed by atoms with Crippen molar-refractivity contribution in [2.75, 3.05) is 5.32 Å². The molecule has 0 aliphatic rings. The number of benzene rings is 1. The van der Waals surface area contributed by atoms with E-state index in [-0.39, 0.29) is 17.6 Å². The van der Waals surface area contributed by atoms with Crippen LogP contribution in [-0.2, 0) is 11.2 Å². The molecule has 0 bridgehead atoms. The molecule has 6 heteroatoms. The van der Waals surface area contributed by atoms with Gasteiger partial charge in [0.05, 0.1) is 11.4 Å². The fourth-order valence-electron chi connectivity index (χ4n) is 2.14. The van der Waals surface area contributed by atoms with Gasteiger partial charge in [0.15, 0.2) is 0 Å². The van der Waals surface area contributed by atoms with Gasteiger partial charge in [-0.25, -0.2) is 0 Å². The molecule has 2 aromatic rings. The maximum absolute atomic E-state index is 12.2. The van der Waals surface area contributed by atoms with E-state index in [1.807, 2.05) is 20.8 Å². The molecule has 1 heterocycles. The molecule has 0 saturated carbocycles. The normalized spacial score (nSPS) is 12.2. The number of rotatable bonds is 4. The van der Waals surface area contributed by atoms with Crippen molar-refractivity contribution in [2.24, 2.45) is 5.92 Å². The number of hydrogen-bond donors (Lipinski definition) is 3. The molecule has 0 spiro atoms. The number of hydrogen-bond acceptors (Lipinski definition) is 3. The van der Waals surface area contributed by atoms with Gasteiger partial charge >= 0.3 is 0 Å². The number of aryl methyl sites for hydroxylation is 2. The first-order valence-corrected chi connectivity index (χ1v) is 7.06. The van der Waals surface area contributed by atoms with Gasteiger partial charge in [0, 0.05) is 16.6 Å². The topological polar surface area (TPSA) is 78.0 Å². The van der Waals surface area contributed by atoms with Crippen LogP contribution in [0.5, 0.6) is 5.75 Å². The average molecular weight is 308 g/mol. The number of aromatic hydroxyl groups is 1. The monoisotopic (exact) mass is 307 g/mol. The smallest absolute Gasteiger partial charge is 0.227 e. The van der Waals surface area contributed by atoms with E-state index in [4.69, 9.17) is 11.6 Å². The molecular weight excluding hydrogens is 290 g/mol. The molecule has 0 saturated heterocycles. The quantitative estimate of drug-likeness (QED) is 0.759. The highest BCUT2D eigenvalue weighted by Gasteiger charge is 2.18. The van der Waals surface area contributed by atoms with E-state index < -0.39 is 0 Å². The molecule has 0 fully saturated rings. The van der Waals surface area contributed by atoms with Crippen LogP contribution in [0.3, 0.4) is 0 Å². The zero-order valence-electron chi connectivity index (χ0n) is 12.2. The van der Waals surface area contributed by atoms with Crippen LogP contribution in [0, 0.1) is 19.8 Å². The van der Waals surface area contributed by atoms with Crippen LogP contribution in [0.1, 0.15) is 23.9 Å². The standard InChI is InChI=1S/C15H18ClN3O2/c1-8(6-12-9(2)18-19-10(12)3)15(21)17-13-7-11(16)4-5-14(13)20/h4-5,7-8,20H,6H2,1-3H3,(H,17,21)(H,18,19)/t8-/m1/s1. The summed E-state index contributed by atoms with van der Waals surface area (Å²) >= 11 is 5.86. The van der Waals surface area contributed by atoms with Crippen molar-refractivity contribution in [2.45, 2.75) is 27.2 Å². The Morgan fingerprint density at radius 1 is 1.48 bits per heavy atom. The summed E-state index contributed by atoms with van der Waals surface area (Å²) < 4.78 is 0. The SMILES string of the molecule is Cc1n[nH]c(C)c1C[C@@H](C)C(=O)Nc1cc(Cl)ccc1O. The highest BCUT2D eigenvalue weighted by atomic mass is 35.5. The van der Waals surface area contributed by atoms with Gasteiger partial charge in [-0.3, -0.25) is 9.89 Å². The van der Waals surface area contributed by atoms with E-state index >= 15 is 0 Å². The van der Waals surface area contributed by atoms with E-state index in [1.54, 1.807) is 6.07 Å². The van der Waals surface area contributed by atoms with Gasteiger partial charge < -0.3 is 10.4 Å². The van der Waals surface area contributed by atoms with E-state index in [2.05, 4.69) is 15.5 Å². The lowest BCUT2D eigenvalue weighted by molar-refractivity contribution is -0.119. The zero-order valence-corrected chi connectivity index (χ0v) is 13.0. The summed E-state index contributed by atoms with van der Waals surface area (Å²) in [5.41, 5.74) is 3.24. The van der Waals surface area contributed by atoms with Crippen molar-refractivity contribution < 1.29 is 9.90 Å². The van der Waals surface area contributed by atoms with Gasteiger partial charge in [-0.1, -0.05) is 18.5 Å². The Kier molecular flexibility index (Phi) is 4.53. The highest BCUT2D eigenvalue weighted by Crippen LogP contribution is 2.27. The second kappa shape index (κ2) is 6.18. The average Bonchev–Trinajstić information content (AvgIpc) is 2.74. The molecule has 21 heavy (non-hydrogen) atoms. The van der Waals surface area contributed by atoms with Gasteiger partial charge in [0.25, 0.3) is 0 Å². The van der Waals surface area contributed by atoms with Gasteiger partial charge in [-0.05, 0) is 44.0 Å². The third kappa shape index (κ3) is 3.55. The molecule has 3 N–H and O–H groups in total. The first-order chi connectivity index (χ1) is 9.88. The summed E-state index contributed by atoms with van der Waals surface area (Å²) in [6.07, 6.45) is 0.585. The van der Waals surface area contributed by atoms with Crippen LogP contribution in [0.25, 0.3) is 0 Å². The molecule has 0 radical (unpaired) electrons. The van der Waals surface area contributed by atoms with Crippen molar-refractivity contribution in [3.05, 3.63) is 40.2 Å². The first-order valence-electron chi connectivity index (χ1n) is 6.68. The lowest BCUT2D eigenvalue weighted by atomic mass is 9.99. The number of aromatic nitrogens is 2. The summed E-state index contributed by atoms with van der Waals surface area (Å²) in [7, 11) is 0. The van der Waals surface area contributed by atoms with Crippen molar-refractivity contribution >= 4 is 23.2 Å². The van der Waals surface area contributed by atoms with Crippen LogP contribution in [-0.4, -0.2) is 21.2 Å². The van der Waals surface area contributed by atoms with Crippen LogP contribution in [0.4, 0.5) is 5.69 Å². The van der Waals surface area contributed by atoms with Crippen LogP contribution in [0.15, 0.2) is 18.2 Å². The molecule has 0 aliphatic carbocycles. The van der Waals surface area contributed by atoms with Crippen LogP contribution >= 0.6 is 11.6 Å². The largest absolute Gasteiger partial charge is 0.506 e. The van der Waals surface area contributed by atoms with E-state index in [1.165, 1.54) is 12.1 Å². The van der Waals surface area contributed by atoms with Crippen molar-refractivity contribution in [1.82, 2.24) is 10.2 Å². The zero-order chi connectivity index (χ0) is 15.6. The molecule has 1 aromatic carbocycles. The van der Waals surface area contributed by atoms with Gasteiger partial charge in [0.2, 0.25) is 5.91 Å². The number of carbonyl (C=O) groups excluding carboxylic acids is 1. The number of H-pyrrole nitrogens is 1. The molecule has 0 unspecified atom stereocenters. The highest BCUT2D eigenvalue weighted by molar-refractivity contribution is 6.31. The van der Waals surface area contributed by atoms with E-state index in [0.717, 1.165) is 17.0 Å². The molecule has 2 rings (SSSR count). The molecule has 0 aliphatic heterocycles. The summed E-state index contributed by atoms with van der Waals surface area (Å²) in [6.45, 7) is 5.68. The van der Waals surface area contributed by atoms with Crippen molar-refractivity contribution in [1.29, 1.82) is 0 Å². The second-order valence-electron chi connectivity index (χ2n) is 5.17. The number of phenolic OH excluding ortho intramolecular Hbond substituents is 1. The maximum Gasteiger partial charge on any atom is 0.227 e. The van der Waals surface area contributed by atoms with Gasteiger partial charge in [0.1, 0.15) is 5.75 Å². The summed E-state index contributed by atoms with van der Waals surface area (Å²) in [4.78, 5) is 12.2. The number of anilines is 1. The number of phenols is 1. The molecule has 1 amide bonds. The fraction of sp³-hybridized carbons (Fsp3) is 0.333. The number of amides is 1. The lowest BCUT2D eigenvalue weighted by Gasteiger charge is -2.13. The third-order valence-electron chi connectivity index (χ3n) is 3.46. The Morgan fingerprint density at radius 2 is 2.19 bits per heavy atom. The minimum atomic E-state index is -0.251. The van der Waals surface area contributed by atoms with E-state index in [9.17, 15) is 9.90 Å². The Hall–Kier alpha value is -2.01. The van der Waals surface area contributed by atoms with Gasteiger partial charge in [-0.2, -0.15) is 5.10 Å². The lowest BCUT2D eigenvalue weighted by Crippen LogP contribution is -2.22. The minimum Gasteiger partial charge on any atom is -0.506 e. The molecule has 5 nitrogen and oxygen atoms in total. The van der Waals surface area contributed by atoms with Gasteiger partial charge in [-0.15, -0.1) is 0 Å². The van der Waals surface area contributed by atoms with Crippen molar-refractivity contribution in [3.63, 3.8) is 0 Å². The Balaban J connectivity index is 2.08. The van der Waals surface area contributed by atoms with Crippen LogP contribution in [0.2, 0.25) is 5.02 Å². The number of nitrogens with one attached hydrogen (secondary N) is 2.